The Morgan fingerprint density at radius 1 is 1.33 bits per heavy atom. The second kappa shape index (κ2) is 4.33. The summed E-state index contributed by atoms with van der Waals surface area (Å²) in [5.41, 5.74) is 0. The Balaban J connectivity index is 2.27. The number of ether oxygens (including phenoxy) is 1. The zero-order valence-electron chi connectivity index (χ0n) is 8.85. The van der Waals surface area contributed by atoms with Crippen LogP contribution in [-0.4, -0.2) is 35.3 Å². The maximum Gasteiger partial charge on any atom is 0.134 e. The standard InChI is InChI=1S/C10H14ClN3O/c1-7-4-15-5-8(2)14(7)10-3-9(11)12-6-13-10/h3,6-8H,4-5H2,1-2H3. The summed E-state index contributed by atoms with van der Waals surface area (Å²) in [4.78, 5) is 10.3. The molecule has 5 heteroatoms. The fourth-order valence-electron chi connectivity index (χ4n) is 1.92. The second-order valence-electron chi connectivity index (χ2n) is 3.84. The van der Waals surface area contributed by atoms with Gasteiger partial charge < -0.3 is 9.64 Å². The zero-order valence-corrected chi connectivity index (χ0v) is 9.61. The van der Waals surface area contributed by atoms with Crippen molar-refractivity contribution < 1.29 is 4.74 Å². The van der Waals surface area contributed by atoms with Gasteiger partial charge >= 0.3 is 0 Å². The van der Waals surface area contributed by atoms with Gasteiger partial charge in [-0.1, -0.05) is 11.6 Å². The van der Waals surface area contributed by atoms with Crippen molar-refractivity contribution in [3.63, 3.8) is 0 Å². The van der Waals surface area contributed by atoms with Crippen molar-refractivity contribution in [2.75, 3.05) is 18.1 Å². The van der Waals surface area contributed by atoms with Crippen LogP contribution in [0.2, 0.25) is 5.15 Å². The van der Waals surface area contributed by atoms with Crippen molar-refractivity contribution >= 4 is 17.4 Å². The molecule has 0 amide bonds. The summed E-state index contributed by atoms with van der Waals surface area (Å²) in [6.07, 6.45) is 1.49. The lowest BCUT2D eigenvalue weighted by Gasteiger charge is -2.39. The Kier molecular flexibility index (Phi) is 3.07. The summed E-state index contributed by atoms with van der Waals surface area (Å²) in [7, 11) is 0. The average Bonchev–Trinajstić information content (AvgIpc) is 2.17. The first kappa shape index (κ1) is 10.6. The predicted molar refractivity (Wildman–Crippen MR) is 59.3 cm³/mol. The molecule has 4 nitrogen and oxygen atoms in total. The van der Waals surface area contributed by atoms with E-state index in [0.717, 1.165) is 19.0 Å². The van der Waals surface area contributed by atoms with Gasteiger partial charge in [0.1, 0.15) is 17.3 Å². The molecule has 1 saturated heterocycles. The van der Waals surface area contributed by atoms with Crippen molar-refractivity contribution in [1.29, 1.82) is 0 Å². The maximum atomic E-state index is 5.85. The molecule has 15 heavy (non-hydrogen) atoms. The Labute approximate surface area is 94.2 Å². The Morgan fingerprint density at radius 2 is 2.00 bits per heavy atom. The first-order valence-corrected chi connectivity index (χ1v) is 5.40. The number of hydrogen-bond donors (Lipinski definition) is 0. The van der Waals surface area contributed by atoms with Crippen LogP contribution in [0.1, 0.15) is 13.8 Å². The van der Waals surface area contributed by atoms with Crippen molar-refractivity contribution in [3.8, 4) is 0 Å². The summed E-state index contributed by atoms with van der Waals surface area (Å²) in [5.74, 6) is 0.873. The molecular weight excluding hydrogens is 214 g/mol. The molecule has 2 rings (SSSR count). The zero-order chi connectivity index (χ0) is 10.8. The minimum atomic E-state index is 0.319. The molecule has 0 N–H and O–H groups in total. The number of nitrogens with zero attached hydrogens (tertiary/aromatic N) is 3. The minimum Gasteiger partial charge on any atom is -0.377 e. The van der Waals surface area contributed by atoms with Gasteiger partial charge in [-0.15, -0.1) is 0 Å². The van der Waals surface area contributed by atoms with Crippen molar-refractivity contribution in [3.05, 3.63) is 17.5 Å². The molecule has 2 atom stereocenters. The number of rotatable bonds is 1. The molecule has 1 aliphatic rings. The third kappa shape index (κ3) is 2.21. The van der Waals surface area contributed by atoms with Crippen LogP contribution in [0.25, 0.3) is 0 Å². The molecule has 0 aromatic carbocycles. The fourth-order valence-corrected chi connectivity index (χ4v) is 2.06. The van der Waals surface area contributed by atoms with Crippen LogP contribution in [0, 0.1) is 0 Å². The Hall–Kier alpha value is -0.870. The predicted octanol–water partition coefficient (Wildman–Crippen LogP) is 1.74. The lowest BCUT2D eigenvalue weighted by Crippen LogP contribution is -2.50. The number of halogens is 1. The monoisotopic (exact) mass is 227 g/mol. The lowest BCUT2D eigenvalue weighted by atomic mass is 10.2. The van der Waals surface area contributed by atoms with Gasteiger partial charge in [0, 0.05) is 6.07 Å². The summed E-state index contributed by atoms with van der Waals surface area (Å²) in [6.45, 7) is 5.69. The van der Waals surface area contributed by atoms with E-state index < -0.39 is 0 Å². The third-order valence-corrected chi connectivity index (χ3v) is 2.76. The van der Waals surface area contributed by atoms with Crippen LogP contribution in [0.3, 0.4) is 0 Å². The highest BCUT2D eigenvalue weighted by Gasteiger charge is 2.26. The molecule has 1 aliphatic heterocycles. The second-order valence-corrected chi connectivity index (χ2v) is 4.23. The molecule has 1 aromatic heterocycles. The normalized spacial score (nSPS) is 26.7. The molecule has 0 aliphatic carbocycles. The van der Waals surface area contributed by atoms with E-state index in [9.17, 15) is 0 Å². The molecule has 1 fully saturated rings. The van der Waals surface area contributed by atoms with E-state index in [-0.39, 0.29) is 0 Å². The van der Waals surface area contributed by atoms with E-state index >= 15 is 0 Å². The van der Waals surface area contributed by atoms with Crippen molar-refractivity contribution in [1.82, 2.24) is 9.97 Å². The molecule has 0 saturated carbocycles. The van der Waals surface area contributed by atoms with E-state index in [4.69, 9.17) is 16.3 Å². The average molecular weight is 228 g/mol. The van der Waals surface area contributed by atoms with E-state index in [2.05, 4.69) is 28.7 Å². The first-order chi connectivity index (χ1) is 7.18. The van der Waals surface area contributed by atoms with Crippen LogP contribution in [0.5, 0.6) is 0 Å². The van der Waals surface area contributed by atoms with Gasteiger partial charge in [0.2, 0.25) is 0 Å². The molecule has 2 unspecified atom stereocenters. The summed E-state index contributed by atoms with van der Waals surface area (Å²) >= 11 is 5.85. The maximum absolute atomic E-state index is 5.85. The van der Waals surface area contributed by atoms with Gasteiger partial charge in [-0.3, -0.25) is 0 Å². The van der Waals surface area contributed by atoms with Crippen LogP contribution in [0.4, 0.5) is 5.82 Å². The van der Waals surface area contributed by atoms with Gasteiger partial charge in [0.15, 0.2) is 0 Å². The summed E-state index contributed by atoms with van der Waals surface area (Å²) in [5, 5.41) is 0.478. The lowest BCUT2D eigenvalue weighted by molar-refractivity contribution is 0.0752. The molecule has 0 spiro atoms. The Morgan fingerprint density at radius 3 is 2.60 bits per heavy atom. The van der Waals surface area contributed by atoms with E-state index in [1.807, 2.05) is 0 Å². The van der Waals surface area contributed by atoms with E-state index in [0.29, 0.717) is 17.2 Å². The van der Waals surface area contributed by atoms with E-state index in [1.54, 1.807) is 6.07 Å². The quantitative estimate of drug-likeness (QED) is 0.685. The van der Waals surface area contributed by atoms with Gasteiger partial charge in [-0.05, 0) is 13.8 Å². The molecule has 1 aromatic rings. The molecule has 82 valence electrons. The smallest absolute Gasteiger partial charge is 0.134 e. The van der Waals surface area contributed by atoms with E-state index in [1.165, 1.54) is 6.33 Å². The SMILES string of the molecule is CC1COCC(C)N1c1cc(Cl)ncn1. The molecular formula is C10H14ClN3O. The molecule has 0 radical (unpaired) electrons. The Bertz CT molecular complexity index is 337. The third-order valence-electron chi connectivity index (χ3n) is 2.55. The number of hydrogen-bond acceptors (Lipinski definition) is 4. The van der Waals surface area contributed by atoms with Crippen molar-refractivity contribution in [2.45, 2.75) is 25.9 Å². The first-order valence-electron chi connectivity index (χ1n) is 5.02. The highest BCUT2D eigenvalue weighted by Crippen LogP contribution is 2.22. The highest BCUT2D eigenvalue weighted by molar-refractivity contribution is 6.29. The fraction of sp³-hybridized carbons (Fsp3) is 0.600. The van der Waals surface area contributed by atoms with Crippen molar-refractivity contribution in [2.24, 2.45) is 0 Å². The summed E-state index contributed by atoms with van der Waals surface area (Å²) < 4.78 is 5.46. The number of aromatic nitrogens is 2. The van der Waals surface area contributed by atoms with Crippen LogP contribution < -0.4 is 4.90 Å². The highest BCUT2D eigenvalue weighted by atomic mass is 35.5. The largest absolute Gasteiger partial charge is 0.377 e. The van der Waals surface area contributed by atoms with Gasteiger partial charge in [0.25, 0.3) is 0 Å². The van der Waals surface area contributed by atoms with Crippen LogP contribution in [-0.2, 0) is 4.74 Å². The molecule has 2 heterocycles. The summed E-state index contributed by atoms with van der Waals surface area (Å²) in [6, 6.07) is 2.43. The number of morpholine rings is 1. The van der Waals surface area contributed by atoms with Crippen LogP contribution in [0.15, 0.2) is 12.4 Å². The minimum absolute atomic E-state index is 0.319. The van der Waals surface area contributed by atoms with Crippen LogP contribution >= 0.6 is 11.6 Å². The topological polar surface area (TPSA) is 38.2 Å². The molecule has 0 bridgehead atoms. The van der Waals surface area contributed by atoms with Gasteiger partial charge in [0.05, 0.1) is 25.3 Å². The number of anilines is 1. The van der Waals surface area contributed by atoms with Gasteiger partial charge in [-0.25, -0.2) is 9.97 Å². The van der Waals surface area contributed by atoms with Gasteiger partial charge in [-0.2, -0.15) is 0 Å².